The third-order valence-electron chi connectivity index (χ3n) is 4.80. The van der Waals surface area contributed by atoms with Crippen molar-refractivity contribution in [2.75, 3.05) is 7.11 Å². The highest BCUT2D eigenvalue weighted by Crippen LogP contribution is 2.44. The van der Waals surface area contributed by atoms with Gasteiger partial charge in [0, 0.05) is 21.0 Å². The Bertz CT molecular complexity index is 917. The van der Waals surface area contributed by atoms with Gasteiger partial charge in [-0.2, -0.15) is 10.5 Å². The first-order valence-corrected chi connectivity index (χ1v) is 9.99. The molecule has 3 rings (SSSR count). The maximum absolute atomic E-state index is 9.30. The summed E-state index contributed by atoms with van der Waals surface area (Å²) in [5.74, 6) is 1.66. The fourth-order valence-electron chi connectivity index (χ4n) is 3.24. The van der Waals surface area contributed by atoms with Crippen molar-refractivity contribution in [2.24, 2.45) is 5.92 Å². The van der Waals surface area contributed by atoms with Crippen LogP contribution in [0.15, 0.2) is 28.0 Å². The fourth-order valence-corrected chi connectivity index (χ4v) is 4.64. The van der Waals surface area contributed by atoms with E-state index < -0.39 is 0 Å². The number of aryl methyl sites for hydroxylation is 1. The molecule has 0 spiro atoms. The number of nitrogens with zero attached hydrogens (tertiary/aromatic N) is 3. The van der Waals surface area contributed by atoms with Gasteiger partial charge in [0.1, 0.15) is 0 Å². The molecule has 0 bridgehead atoms. The molecule has 27 heavy (non-hydrogen) atoms. The van der Waals surface area contributed by atoms with Crippen LogP contribution in [0.2, 0.25) is 0 Å². The Morgan fingerprint density at radius 2 is 1.81 bits per heavy atom. The van der Waals surface area contributed by atoms with E-state index in [2.05, 4.69) is 26.0 Å². The van der Waals surface area contributed by atoms with Crippen LogP contribution in [-0.4, -0.2) is 12.1 Å². The summed E-state index contributed by atoms with van der Waals surface area (Å²) in [4.78, 5) is 6.79. The first kappa shape index (κ1) is 19.3. The third-order valence-corrected chi connectivity index (χ3v) is 5.94. The zero-order valence-corrected chi connectivity index (χ0v) is 17.0. The Kier molecular flexibility index (Phi) is 5.73. The van der Waals surface area contributed by atoms with Crippen molar-refractivity contribution < 1.29 is 4.74 Å². The summed E-state index contributed by atoms with van der Waals surface area (Å²) in [5, 5.41) is 18.6. The summed E-state index contributed by atoms with van der Waals surface area (Å²) in [6, 6.07) is 9.62. The van der Waals surface area contributed by atoms with Gasteiger partial charge in [-0.25, -0.2) is 4.98 Å². The molecule has 1 fully saturated rings. The number of nitriles is 2. The number of ether oxygens (including phenoxy) is 1. The summed E-state index contributed by atoms with van der Waals surface area (Å²) in [7, 11) is 1.66. The molecule has 2 aromatic rings. The quantitative estimate of drug-likeness (QED) is 0.677. The van der Waals surface area contributed by atoms with Crippen LogP contribution in [-0.2, 0) is 6.42 Å². The minimum Gasteiger partial charge on any atom is -0.481 e. The van der Waals surface area contributed by atoms with Crippen LogP contribution in [0, 0.1) is 35.5 Å². The zero-order valence-electron chi connectivity index (χ0n) is 16.2. The maximum Gasteiger partial charge on any atom is 0.217 e. The lowest BCUT2D eigenvalue weighted by atomic mass is 9.98. The van der Waals surface area contributed by atoms with Crippen LogP contribution in [0.1, 0.15) is 60.6 Å². The first-order chi connectivity index (χ1) is 13.0. The van der Waals surface area contributed by atoms with Crippen molar-refractivity contribution >= 4 is 11.8 Å². The summed E-state index contributed by atoms with van der Waals surface area (Å²) in [5.41, 5.74) is 4.38. The molecule has 0 unspecified atom stereocenters. The monoisotopic (exact) mass is 377 g/mol. The Balaban J connectivity index is 2.16. The summed E-state index contributed by atoms with van der Waals surface area (Å²) in [6.07, 6.45) is 3.57. The number of hydrogen-bond acceptors (Lipinski definition) is 5. The standard InChI is InChI=1S/C22H23N3OS/c1-13(2)20-21(27-18-8-16(11-23)7-17(9-18)12-24)19(10-15-5-6-15)14(3)25-22(20)26-4/h7-9,13,15H,5-6,10H2,1-4H3. The number of rotatable bonds is 6. The van der Waals surface area contributed by atoms with E-state index in [0.717, 1.165) is 28.5 Å². The van der Waals surface area contributed by atoms with Crippen LogP contribution in [0.5, 0.6) is 5.88 Å². The molecule has 1 aliphatic carbocycles. The SMILES string of the molecule is COc1nc(C)c(CC2CC2)c(Sc2cc(C#N)cc(C#N)c2)c1C(C)C. The number of aromatic nitrogens is 1. The normalized spacial score (nSPS) is 13.3. The molecule has 138 valence electrons. The fraction of sp³-hybridized carbons (Fsp3) is 0.409. The second-order valence-electron chi connectivity index (χ2n) is 7.30. The van der Waals surface area contributed by atoms with Crippen LogP contribution in [0.3, 0.4) is 0 Å². The highest BCUT2D eigenvalue weighted by molar-refractivity contribution is 7.99. The lowest BCUT2D eigenvalue weighted by molar-refractivity contribution is 0.386. The van der Waals surface area contributed by atoms with Gasteiger partial charge in [0.05, 0.1) is 30.4 Å². The Morgan fingerprint density at radius 3 is 2.30 bits per heavy atom. The molecule has 1 aromatic heterocycles. The van der Waals surface area contributed by atoms with Crippen molar-refractivity contribution in [1.82, 2.24) is 4.98 Å². The second-order valence-corrected chi connectivity index (χ2v) is 8.39. The van der Waals surface area contributed by atoms with Crippen LogP contribution >= 0.6 is 11.8 Å². The van der Waals surface area contributed by atoms with Crippen LogP contribution in [0.4, 0.5) is 0 Å². The maximum atomic E-state index is 9.30. The first-order valence-electron chi connectivity index (χ1n) is 9.17. The average molecular weight is 378 g/mol. The Hall–Kier alpha value is -2.50. The van der Waals surface area contributed by atoms with Gasteiger partial charge < -0.3 is 4.74 Å². The molecule has 0 aliphatic heterocycles. The van der Waals surface area contributed by atoms with E-state index in [4.69, 9.17) is 9.72 Å². The molecule has 1 saturated carbocycles. The summed E-state index contributed by atoms with van der Waals surface area (Å²) >= 11 is 1.62. The minimum atomic E-state index is 0.253. The van der Waals surface area contributed by atoms with Crippen molar-refractivity contribution in [1.29, 1.82) is 10.5 Å². The van der Waals surface area contributed by atoms with E-state index in [1.807, 2.05) is 19.1 Å². The molecular weight excluding hydrogens is 354 g/mol. The van der Waals surface area contributed by atoms with E-state index in [1.165, 1.54) is 23.3 Å². The van der Waals surface area contributed by atoms with Gasteiger partial charge in [0.2, 0.25) is 5.88 Å². The highest BCUT2D eigenvalue weighted by atomic mass is 32.2. The van der Waals surface area contributed by atoms with Crippen molar-refractivity contribution in [2.45, 2.75) is 55.7 Å². The predicted molar refractivity (Wildman–Crippen MR) is 106 cm³/mol. The van der Waals surface area contributed by atoms with Gasteiger partial charge in [-0.3, -0.25) is 0 Å². The molecular formula is C22H23N3OS. The summed E-state index contributed by atoms with van der Waals surface area (Å²) in [6.45, 7) is 6.33. The third kappa shape index (κ3) is 4.26. The van der Waals surface area contributed by atoms with Gasteiger partial charge >= 0.3 is 0 Å². The lowest BCUT2D eigenvalue weighted by Crippen LogP contribution is -2.07. The molecule has 1 heterocycles. The molecule has 4 nitrogen and oxygen atoms in total. The van der Waals surface area contributed by atoms with Crippen LogP contribution in [0.25, 0.3) is 0 Å². The molecule has 1 aliphatic rings. The van der Waals surface area contributed by atoms with E-state index in [-0.39, 0.29) is 5.92 Å². The average Bonchev–Trinajstić information content (AvgIpc) is 3.47. The number of hydrogen-bond donors (Lipinski definition) is 0. The van der Waals surface area contributed by atoms with Gasteiger partial charge in [-0.15, -0.1) is 0 Å². The van der Waals surface area contributed by atoms with E-state index >= 15 is 0 Å². The molecule has 0 N–H and O–H groups in total. The van der Waals surface area contributed by atoms with Gasteiger partial charge in [0.25, 0.3) is 0 Å². The molecule has 0 atom stereocenters. The number of methoxy groups -OCH3 is 1. The van der Waals surface area contributed by atoms with E-state index in [1.54, 1.807) is 24.9 Å². The van der Waals surface area contributed by atoms with Gasteiger partial charge in [0.15, 0.2) is 0 Å². The van der Waals surface area contributed by atoms with Gasteiger partial charge in [-0.05, 0) is 61.8 Å². The molecule has 5 heteroatoms. The number of benzene rings is 1. The molecule has 0 saturated heterocycles. The second kappa shape index (κ2) is 8.03. The molecule has 0 amide bonds. The summed E-state index contributed by atoms with van der Waals surface area (Å²) < 4.78 is 5.60. The van der Waals surface area contributed by atoms with E-state index in [0.29, 0.717) is 17.0 Å². The molecule has 0 radical (unpaired) electrons. The predicted octanol–water partition coefficient (Wildman–Crippen LogP) is 5.37. The smallest absolute Gasteiger partial charge is 0.217 e. The van der Waals surface area contributed by atoms with E-state index in [9.17, 15) is 10.5 Å². The highest BCUT2D eigenvalue weighted by Gasteiger charge is 2.28. The Labute approximate surface area is 165 Å². The largest absolute Gasteiger partial charge is 0.481 e. The van der Waals surface area contributed by atoms with Crippen LogP contribution < -0.4 is 4.74 Å². The van der Waals surface area contributed by atoms with Crippen molar-refractivity contribution in [3.05, 3.63) is 46.1 Å². The van der Waals surface area contributed by atoms with Crippen molar-refractivity contribution in [3.63, 3.8) is 0 Å². The molecule has 1 aromatic carbocycles. The van der Waals surface area contributed by atoms with Gasteiger partial charge in [-0.1, -0.05) is 25.6 Å². The number of pyridine rings is 1. The van der Waals surface area contributed by atoms with Crippen molar-refractivity contribution in [3.8, 4) is 18.0 Å². The zero-order chi connectivity index (χ0) is 19.6. The Morgan fingerprint density at radius 1 is 1.19 bits per heavy atom. The minimum absolute atomic E-state index is 0.253. The lowest BCUT2D eigenvalue weighted by Gasteiger charge is -2.21. The topological polar surface area (TPSA) is 69.7 Å².